The SMILES string of the molecule is CN(C)CC(NC(=O)CC1CC2CCC(C1)N2)c1ccccc1. The molecule has 126 valence electrons. The fourth-order valence-corrected chi connectivity index (χ4v) is 4.14. The lowest BCUT2D eigenvalue weighted by Gasteiger charge is -2.29. The monoisotopic (exact) mass is 315 g/mol. The molecule has 0 radical (unpaired) electrons. The van der Waals surface area contributed by atoms with Crippen LogP contribution in [-0.2, 0) is 4.79 Å². The minimum atomic E-state index is 0.0668. The molecule has 1 aromatic carbocycles. The number of carbonyl (C=O) groups is 1. The van der Waals surface area contributed by atoms with Crippen LogP contribution in [0.3, 0.4) is 0 Å². The summed E-state index contributed by atoms with van der Waals surface area (Å²) >= 11 is 0. The summed E-state index contributed by atoms with van der Waals surface area (Å²) in [7, 11) is 4.10. The maximum atomic E-state index is 12.6. The third kappa shape index (κ3) is 4.55. The summed E-state index contributed by atoms with van der Waals surface area (Å²) in [6.07, 6.45) is 5.57. The minimum absolute atomic E-state index is 0.0668. The lowest BCUT2D eigenvalue weighted by atomic mass is 9.89. The van der Waals surface area contributed by atoms with E-state index < -0.39 is 0 Å². The first-order valence-corrected chi connectivity index (χ1v) is 8.85. The highest BCUT2D eigenvalue weighted by Gasteiger charge is 2.34. The zero-order valence-corrected chi connectivity index (χ0v) is 14.3. The second kappa shape index (κ2) is 7.45. The molecule has 2 N–H and O–H groups in total. The first-order chi connectivity index (χ1) is 11.1. The Hall–Kier alpha value is -1.39. The molecule has 2 bridgehead atoms. The molecule has 3 rings (SSSR count). The fraction of sp³-hybridized carbons (Fsp3) is 0.632. The van der Waals surface area contributed by atoms with Gasteiger partial charge in [-0.3, -0.25) is 4.79 Å². The van der Waals surface area contributed by atoms with Crippen LogP contribution in [0.2, 0.25) is 0 Å². The van der Waals surface area contributed by atoms with Gasteiger partial charge in [-0.05, 0) is 51.3 Å². The highest BCUT2D eigenvalue weighted by Crippen LogP contribution is 2.32. The van der Waals surface area contributed by atoms with E-state index in [2.05, 4.69) is 27.7 Å². The number of likely N-dealkylation sites (N-methyl/N-ethyl adjacent to an activating group) is 1. The maximum absolute atomic E-state index is 12.6. The molecule has 3 unspecified atom stereocenters. The molecular formula is C19H29N3O. The number of amides is 1. The molecule has 4 heteroatoms. The van der Waals surface area contributed by atoms with E-state index in [0.717, 1.165) is 19.4 Å². The molecule has 3 atom stereocenters. The average Bonchev–Trinajstić information content (AvgIpc) is 2.86. The Bertz CT molecular complexity index is 505. The fourth-order valence-electron chi connectivity index (χ4n) is 4.14. The minimum Gasteiger partial charge on any atom is -0.348 e. The number of piperidine rings is 1. The molecule has 0 spiro atoms. The number of benzene rings is 1. The van der Waals surface area contributed by atoms with Crippen LogP contribution in [0.1, 0.15) is 43.7 Å². The van der Waals surface area contributed by atoms with Gasteiger partial charge < -0.3 is 15.5 Å². The first-order valence-electron chi connectivity index (χ1n) is 8.85. The molecule has 2 aliphatic rings. The smallest absolute Gasteiger partial charge is 0.220 e. The zero-order chi connectivity index (χ0) is 16.2. The van der Waals surface area contributed by atoms with Gasteiger partial charge >= 0.3 is 0 Å². The van der Waals surface area contributed by atoms with Gasteiger partial charge in [0.2, 0.25) is 5.91 Å². The van der Waals surface area contributed by atoms with Crippen molar-refractivity contribution in [2.24, 2.45) is 5.92 Å². The van der Waals surface area contributed by atoms with E-state index >= 15 is 0 Å². The molecule has 23 heavy (non-hydrogen) atoms. The Balaban J connectivity index is 1.57. The van der Waals surface area contributed by atoms with Gasteiger partial charge in [-0.1, -0.05) is 30.3 Å². The number of nitrogens with zero attached hydrogens (tertiary/aromatic N) is 1. The molecule has 4 nitrogen and oxygen atoms in total. The van der Waals surface area contributed by atoms with Gasteiger partial charge in [0.25, 0.3) is 0 Å². The maximum Gasteiger partial charge on any atom is 0.220 e. The van der Waals surface area contributed by atoms with Crippen LogP contribution in [0.5, 0.6) is 0 Å². The molecule has 0 saturated carbocycles. The highest BCUT2D eigenvalue weighted by molar-refractivity contribution is 5.76. The van der Waals surface area contributed by atoms with Crippen molar-refractivity contribution in [3.8, 4) is 0 Å². The lowest BCUT2D eigenvalue weighted by molar-refractivity contribution is -0.123. The molecule has 1 aromatic rings. The Labute approximate surface area is 139 Å². The van der Waals surface area contributed by atoms with E-state index in [4.69, 9.17) is 0 Å². The van der Waals surface area contributed by atoms with Gasteiger partial charge in [0.05, 0.1) is 6.04 Å². The van der Waals surface area contributed by atoms with Crippen molar-refractivity contribution in [3.63, 3.8) is 0 Å². The van der Waals surface area contributed by atoms with Crippen LogP contribution in [0.4, 0.5) is 0 Å². The van der Waals surface area contributed by atoms with Crippen molar-refractivity contribution in [2.75, 3.05) is 20.6 Å². The summed E-state index contributed by atoms with van der Waals surface area (Å²) in [4.78, 5) is 14.7. The van der Waals surface area contributed by atoms with E-state index in [1.165, 1.54) is 18.4 Å². The van der Waals surface area contributed by atoms with Crippen molar-refractivity contribution in [1.29, 1.82) is 0 Å². The Kier molecular flexibility index (Phi) is 5.34. The van der Waals surface area contributed by atoms with E-state index in [-0.39, 0.29) is 11.9 Å². The molecule has 0 aromatic heterocycles. The summed E-state index contributed by atoms with van der Waals surface area (Å²) < 4.78 is 0. The Morgan fingerprint density at radius 2 is 1.87 bits per heavy atom. The molecule has 2 aliphatic heterocycles. The van der Waals surface area contributed by atoms with E-state index in [1.807, 2.05) is 32.3 Å². The van der Waals surface area contributed by atoms with E-state index in [0.29, 0.717) is 24.4 Å². The molecule has 1 amide bonds. The second-order valence-electron chi connectivity index (χ2n) is 7.47. The van der Waals surface area contributed by atoms with Crippen LogP contribution in [0.15, 0.2) is 30.3 Å². The average molecular weight is 315 g/mol. The van der Waals surface area contributed by atoms with Gasteiger partial charge in [0.1, 0.15) is 0 Å². The van der Waals surface area contributed by atoms with E-state index in [1.54, 1.807) is 0 Å². The van der Waals surface area contributed by atoms with Crippen molar-refractivity contribution in [2.45, 2.75) is 50.2 Å². The number of nitrogens with one attached hydrogen (secondary N) is 2. The quantitative estimate of drug-likeness (QED) is 0.847. The molecule has 0 aliphatic carbocycles. The van der Waals surface area contributed by atoms with Crippen molar-refractivity contribution >= 4 is 5.91 Å². The van der Waals surface area contributed by atoms with Crippen LogP contribution >= 0.6 is 0 Å². The first kappa shape index (κ1) is 16.5. The third-order valence-electron chi connectivity index (χ3n) is 5.13. The number of carbonyl (C=O) groups excluding carboxylic acids is 1. The third-order valence-corrected chi connectivity index (χ3v) is 5.13. The van der Waals surface area contributed by atoms with Crippen molar-refractivity contribution in [1.82, 2.24) is 15.5 Å². The van der Waals surface area contributed by atoms with Gasteiger partial charge in [-0.15, -0.1) is 0 Å². The van der Waals surface area contributed by atoms with Crippen LogP contribution in [0, 0.1) is 5.92 Å². The molecule has 2 heterocycles. The number of hydrogen-bond acceptors (Lipinski definition) is 3. The summed E-state index contributed by atoms with van der Waals surface area (Å²) in [5.41, 5.74) is 1.18. The molecule has 2 fully saturated rings. The normalized spacial score (nSPS) is 27.9. The standard InChI is InChI=1S/C19H29N3O/c1-22(2)13-18(15-6-4-3-5-7-15)21-19(23)12-14-10-16-8-9-17(11-14)20-16/h3-7,14,16-18,20H,8-13H2,1-2H3,(H,21,23). The Morgan fingerprint density at radius 3 is 2.48 bits per heavy atom. The van der Waals surface area contributed by atoms with Crippen LogP contribution in [-0.4, -0.2) is 43.5 Å². The summed E-state index contributed by atoms with van der Waals surface area (Å²) in [5.74, 6) is 0.747. The second-order valence-corrected chi connectivity index (χ2v) is 7.47. The topological polar surface area (TPSA) is 44.4 Å². The van der Waals surface area contributed by atoms with Gasteiger partial charge in [-0.25, -0.2) is 0 Å². The van der Waals surface area contributed by atoms with Gasteiger partial charge in [0.15, 0.2) is 0 Å². The number of rotatable bonds is 6. The van der Waals surface area contributed by atoms with Crippen molar-refractivity contribution < 1.29 is 4.79 Å². The predicted octanol–water partition coefficient (Wildman–Crippen LogP) is 2.33. The summed E-state index contributed by atoms with van der Waals surface area (Å²) in [6.45, 7) is 0.827. The largest absolute Gasteiger partial charge is 0.348 e. The van der Waals surface area contributed by atoms with E-state index in [9.17, 15) is 4.79 Å². The summed E-state index contributed by atoms with van der Waals surface area (Å²) in [5, 5.41) is 6.91. The van der Waals surface area contributed by atoms with Gasteiger partial charge in [-0.2, -0.15) is 0 Å². The van der Waals surface area contributed by atoms with Gasteiger partial charge in [0, 0.05) is 25.0 Å². The van der Waals surface area contributed by atoms with Crippen LogP contribution in [0.25, 0.3) is 0 Å². The number of hydrogen-bond donors (Lipinski definition) is 2. The number of fused-ring (bicyclic) bond motifs is 2. The van der Waals surface area contributed by atoms with Crippen LogP contribution < -0.4 is 10.6 Å². The summed E-state index contributed by atoms with van der Waals surface area (Å²) in [6, 6.07) is 11.7. The molecular weight excluding hydrogens is 286 g/mol. The van der Waals surface area contributed by atoms with Crippen molar-refractivity contribution in [3.05, 3.63) is 35.9 Å². The zero-order valence-electron chi connectivity index (χ0n) is 14.3. The highest BCUT2D eigenvalue weighted by atomic mass is 16.1. The Morgan fingerprint density at radius 1 is 1.22 bits per heavy atom. The lowest BCUT2D eigenvalue weighted by Crippen LogP contribution is -2.41. The predicted molar refractivity (Wildman–Crippen MR) is 93.2 cm³/mol. The molecule has 2 saturated heterocycles.